The highest BCUT2D eigenvalue weighted by Gasteiger charge is 2.13. The van der Waals surface area contributed by atoms with Gasteiger partial charge in [-0.25, -0.2) is 0 Å². The Bertz CT molecular complexity index is 545. The number of halogens is 1. The van der Waals surface area contributed by atoms with Crippen LogP contribution < -0.4 is 10.6 Å². The fourth-order valence-electron chi connectivity index (χ4n) is 1.90. The molecule has 4 nitrogen and oxygen atoms in total. The van der Waals surface area contributed by atoms with Crippen LogP contribution in [0.5, 0.6) is 0 Å². The Morgan fingerprint density at radius 2 is 1.94 bits per heavy atom. The van der Waals surface area contributed by atoms with Crippen LogP contribution in [0.3, 0.4) is 0 Å². The van der Waals surface area contributed by atoms with Crippen molar-refractivity contribution in [2.24, 2.45) is 7.05 Å². The van der Waals surface area contributed by atoms with Crippen LogP contribution in [0, 0.1) is 6.92 Å². The van der Waals surface area contributed by atoms with Crippen LogP contribution in [0.1, 0.15) is 11.4 Å². The first-order valence-corrected chi connectivity index (χ1v) is 6.11. The van der Waals surface area contributed by atoms with Gasteiger partial charge in [0.2, 0.25) is 0 Å². The maximum absolute atomic E-state index is 6.24. The quantitative estimate of drug-likeness (QED) is 0.867. The summed E-state index contributed by atoms with van der Waals surface area (Å²) in [6.45, 7) is 2.62. The highest BCUT2D eigenvalue weighted by atomic mass is 35.5. The topological polar surface area (TPSA) is 47.1 Å². The minimum atomic E-state index is 0.708. The number of hydrogen-bond donors (Lipinski definition) is 1. The number of nitrogen functional groups attached to an aromatic ring is 1. The van der Waals surface area contributed by atoms with Crippen molar-refractivity contribution in [3.8, 4) is 0 Å². The zero-order valence-electron chi connectivity index (χ0n) is 10.8. The van der Waals surface area contributed by atoms with Gasteiger partial charge in [0.25, 0.3) is 0 Å². The Balaban J connectivity index is 2.21. The predicted octanol–water partition coefficient (Wildman–Crippen LogP) is 2.60. The minimum absolute atomic E-state index is 0.708. The molecule has 0 saturated heterocycles. The van der Waals surface area contributed by atoms with E-state index in [9.17, 15) is 0 Å². The van der Waals surface area contributed by atoms with Gasteiger partial charge in [-0.1, -0.05) is 11.6 Å². The van der Waals surface area contributed by atoms with E-state index >= 15 is 0 Å². The molecule has 2 N–H and O–H groups in total. The van der Waals surface area contributed by atoms with Crippen molar-refractivity contribution in [3.05, 3.63) is 40.7 Å². The lowest BCUT2D eigenvalue weighted by Crippen LogP contribution is -2.18. The van der Waals surface area contributed by atoms with E-state index in [-0.39, 0.29) is 0 Å². The third-order valence-corrected chi connectivity index (χ3v) is 3.47. The third-order valence-electron chi connectivity index (χ3n) is 2.98. The zero-order valence-corrected chi connectivity index (χ0v) is 11.6. The van der Waals surface area contributed by atoms with E-state index in [2.05, 4.69) is 10.00 Å². The van der Waals surface area contributed by atoms with Gasteiger partial charge in [0.05, 0.1) is 23.0 Å². The molecule has 0 bridgehead atoms. The molecular weight excluding hydrogens is 248 g/mol. The number of nitrogens with two attached hydrogens (primary N) is 1. The summed E-state index contributed by atoms with van der Waals surface area (Å²) in [5.41, 5.74) is 9.41. The van der Waals surface area contributed by atoms with Crippen molar-refractivity contribution < 1.29 is 0 Å². The maximum Gasteiger partial charge on any atom is 0.0865 e. The predicted molar refractivity (Wildman–Crippen MR) is 75.9 cm³/mol. The fraction of sp³-hybridized carbons (Fsp3) is 0.308. The van der Waals surface area contributed by atoms with E-state index in [4.69, 9.17) is 17.3 Å². The van der Waals surface area contributed by atoms with Gasteiger partial charge in [0.1, 0.15) is 0 Å². The highest BCUT2D eigenvalue weighted by molar-refractivity contribution is 6.31. The SMILES string of the molecule is Cc1nn(C)c(CN(C)c2ccc(N)cc2)c1Cl. The van der Waals surface area contributed by atoms with Crippen LogP contribution in [-0.2, 0) is 13.6 Å². The van der Waals surface area contributed by atoms with Crippen molar-refractivity contribution in [1.82, 2.24) is 9.78 Å². The number of hydrogen-bond acceptors (Lipinski definition) is 3. The summed E-state index contributed by atoms with van der Waals surface area (Å²) in [6.07, 6.45) is 0. The molecule has 18 heavy (non-hydrogen) atoms. The Morgan fingerprint density at radius 3 is 2.44 bits per heavy atom. The third kappa shape index (κ3) is 2.43. The van der Waals surface area contributed by atoms with Crippen molar-refractivity contribution >= 4 is 23.0 Å². The number of aryl methyl sites for hydroxylation is 2. The molecule has 1 aromatic heterocycles. The molecule has 96 valence electrons. The van der Waals surface area contributed by atoms with Gasteiger partial charge in [-0.05, 0) is 31.2 Å². The molecule has 0 radical (unpaired) electrons. The Labute approximate surface area is 112 Å². The molecular formula is C13H17ClN4. The number of anilines is 2. The molecule has 0 atom stereocenters. The summed E-state index contributed by atoms with van der Waals surface area (Å²) in [7, 11) is 3.93. The summed E-state index contributed by atoms with van der Waals surface area (Å²) >= 11 is 6.24. The highest BCUT2D eigenvalue weighted by Crippen LogP contribution is 2.23. The number of benzene rings is 1. The molecule has 5 heteroatoms. The second kappa shape index (κ2) is 4.90. The molecule has 0 amide bonds. The lowest BCUT2D eigenvalue weighted by atomic mass is 10.2. The largest absolute Gasteiger partial charge is 0.399 e. The lowest BCUT2D eigenvalue weighted by molar-refractivity contribution is 0.694. The van der Waals surface area contributed by atoms with Crippen LogP contribution in [-0.4, -0.2) is 16.8 Å². The molecule has 0 aliphatic rings. The molecule has 1 heterocycles. The summed E-state index contributed by atoms with van der Waals surface area (Å²) in [5, 5.41) is 5.05. The van der Waals surface area contributed by atoms with Gasteiger partial charge in [-0.3, -0.25) is 4.68 Å². The Kier molecular flexibility index (Phi) is 3.48. The van der Waals surface area contributed by atoms with Crippen molar-refractivity contribution in [3.63, 3.8) is 0 Å². The first kappa shape index (κ1) is 12.8. The zero-order chi connectivity index (χ0) is 13.3. The maximum atomic E-state index is 6.24. The van der Waals surface area contributed by atoms with Gasteiger partial charge >= 0.3 is 0 Å². The number of rotatable bonds is 3. The molecule has 0 fully saturated rings. The molecule has 2 rings (SSSR count). The van der Waals surface area contributed by atoms with Gasteiger partial charge in [-0.2, -0.15) is 5.10 Å². The van der Waals surface area contributed by atoms with Gasteiger partial charge in [-0.15, -0.1) is 0 Å². The van der Waals surface area contributed by atoms with Crippen LogP contribution in [0.2, 0.25) is 5.02 Å². The lowest BCUT2D eigenvalue weighted by Gasteiger charge is -2.19. The van der Waals surface area contributed by atoms with E-state index in [1.165, 1.54) is 0 Å². The molecule has 0 aliphatic heterocycles. The second-order valence-electron chi connectivity index (χ2n) is 4.42. The molecule has 0 aliphatic carbocycles. The van der Waals surface area contributed by atoms with E-state index in [0.29, 0.717) is 6.54 Å². The van der Waals surface area contributed by atoms with Crippen molar-refractivity contribution in [2.75, 3.05) is 17.7 Å². The van der Waals surface area contributed by atoms with Crippen LogP contribution in [0.25, 0.3) is 0 Å². The van der Waals surface area contributed by atoms with E-state index in [0.717, 1.165) is 27.8 Å². The van der Waals surface area contributed by atoms with Crippen LogP contribution in [0.4, 0.5) is 11.4 Å². The summed E-state index contributed by atoms with van der Waals surface area (Å²) in [5.74, 6) is 0. The van der Waals surface area contributed by atoms with E-state index in [1.54, 1.807) is 0 Å². The normalized spacial score (nSPS) is 10.7. The van der Waals surface area contributed by atoms with Gasteiger partial charge in [0.15, 0.2) is 0 Å². The summed E-state index contributed by atoms with van der Waals surface area (Å²) in [4.78, 5) is 2.11. The molecule has 1 aromatic carbocycles. The fourth-order valence-corrected chi connectivity index (χ4v) is 2.12. The molecule has 2 aromatic rings. The Morgan fingerprint density at radius 1 is 1.33 bits per heavy atom. The minimum Gasteiger partial charge on any atom is -0.399 e. The van der Waals surface area contributed by atoms with Crippen LogP contribution >= 0.6 is 11.6 Å². The molecule has 0 spiro atoms. The number of aromatic nitrogens is 2. The van der Waals surface area contributed by atoms with E-state index < -0.39 is 0 Å². The first-order valence-electron chi connectivity index (χ1n) is 5.73. The second-order valence-corrected chi connectivity index (χ2v) is 4.80. The van der Waals surface area contributed by atoms with Crippen molar-refractivity contribution in [2.45, 2.75) is 13.5 Å². The van der Waals surface area contributed by atoms with Crippen molar-refractivity contribution in [1.29, 1.82) is 0 Å². The summed E-state index contributed by atoms with van der Waals surface area (Å²) in [6, 6.07) is 7.77. The smallest absolute Gasteiger partial charge is 0.0865 e. The average molecular weight is 265 g/mol. The molecule has 0 unspecified atom stereocenters. The van der Waals surface area contributed by atoms with E-state index in [1.807, 2.05) is 50.0 Å². The van der Waals surface area contributed by atoms with Crippen LogP contribution in [0.15, 0.2) is 24.3 Å². The molecule has 0 saturated carbocycles. The van der Waals surface area contributed by atoms with Gasteiger partial charge < -0.3 is 10.6 Å². The monoisotopic (exact) mass is 264 g/mol. The Hall–Kier alpha value is -1.68. The standard InChI is InChI=1S/C13H17ClN4/c1-9-13(14)12(18(3)16-9)8-17(2)11-6-4-10(15)5-7-11/h4-7H,8,15H2,1-3H3. The number of nitrogens with zero attached hydrogens (tertiary/aromatic N) is 3. The first-order chi connectivity index (χ1) is 8.49. The van der Waals surface area contributed by atoms with Gasteiger partial charge in [0, 0.05) is 25.5 Å². The summed E-state index contributed by atoms with van der Waals surface area (Å²) < 4.78 is 1.82. The average Bonchev–Trinajstić information content (AvgIpc) is 2.57.